The molecule has 4 nitrogen and oxygen atoms in total. The number of rotatable bonds is 8. The smallest absolute Gasteiger partial charge is 0.203 e. The van der Waals surface area contributed by atoms with Gasteiger partial charge in [0.25, 0.3) is 0 Å². The molecule has 0 saturated carbocycles. The molecule has 0 atom stereocenters. The van der Waals surface area contributed by atoms with Gasteiger partial charge in [-0.1, -0.05) is 19.4 Å². The number of unbranched alkanes of at least 4 members (excludes halogenated alkanes) is 1. The Morgan fingerprint density at radius 2 is 1.92 bits per heavy atom. The van der Waals surface area contributed by atoms with E-state index in [2.05, 4.69) is 6.92 Å². The van der Waals surface area contributed by atoms with E-state index in [9.17, 15) is 14.4 Å². The Bertz CT molecular complexity index is 835. The number of hydrogen-bond acceptors (Lipinski definition) is 4. The van der Waals surface area contributed by atoms with Crippen LogP contribution in [0.4, 0.5) is 4.39 Å². The topological polar surface area (TPSA) is 59.3 Å². The van der Waals surface area contributed by atoms with Crippen LogP contribution in [0.5, 0.6) is 11.5 Å². The third kappa shape index (κ3) is 4.93. The summed E-state index contributed by atoms with van der Waals surface area (Å²) in [5.74, 6) is 0.241. The van der Waals surface area contributed by atoms with Gasteiger partial charge in [0.05, 0.1) is 13.7 Å². The van der Waals surface area contributed by atoms with Crippen molar-refractivity contribution in [3.05, 3.63) is 65.0 Å². The van der Waals surface area contributed by atoms with Crippen LogP contribution in [-0.4, -0.2) is 19.5 Å². The summed E-state index contributed by atoms with van der Waals surface area (Å²) in [5.41, 5.74) is 0.848. The molecule has 0 aromatic heterocycles. The average molecular weight is 353 g/mol. The summed E-state index contributed by atoms with van der Waals surface area (Å²) in [7, 11) is 1.53. The molecule has 2 aromatic rings. The predicted octanol–water partition coefficient (Wildman–Crippen LogP) is 4.80. The Morgan fingerprint density at radius 1 is 1.19 bits per heavy atom. The molecule has 0 radical (unpaired) electrons. The van der Waals surface area contributed by atoms with Crippen LogP contribution in [0.3, 0.4) is 0 Å². The minimum Gasteiger partial charge on any atom is -0.493 e. The van der Waals surface area contributed by atoms with E-state index in [1.165, 1.54) is 37.5 Å². The first-order chi connectivity index (χ1) is 12.6. The molecule has 0 aliphatic heterocycles. The van der Waals surface area contributed by atoms with Crippen LogP contribution in [-0.2, 0) is 0 Å². The number of allylic oxidation sites excluding steroid dienone is 1. The highest BCUT2D eigenvalue weighted by atomic mass is 19.1. The molecule has 0 heterocycles. The maximum absolute atomic E-state index is 13.0. The monoisotopic (exact) mass is 353 g/mol. The largest absolute Gasteiger partial charge is 0.493 e. The van der Waals surface area contributed by atoms with Gasteiger partial charge in [-0.2, -0.15) is 5.26 Å². The predicted molar refractivity (Wildman–Crippen MR) is 97.7 cm³/mol. The molecule has 0 unspecified atom stereocenters. The van der Waals surface area contributed by atoms with Gasteiger partial charge >= 0.3 is 0 Å². The Labute approximate surface area is 152 Å². The Balaban J connectivity index is 2.26. The summed E-state index contributed by atoms with van der Waals surface area (Å²) >= 11 is 0. The molecule has 0 aliphatic rings. The fourth-order valence-electron chi connectivity index (χ4n) is 2.29. The lowest BCUT2D eigenvalue weighted by Crippen LogP contribution is -2.02. The fourth-order valence-corrected chi connectivity index (χ4v) is 2.29. The summed E-state index contributed by atoms with van der Waals surface area (Å²) < 4.78 is 24.0. The SMILES string of the molecule is CCCCOc1ccc(/C=C(\C#N)C(=O)c2ccc(F)cc2)cc1OC. The number of hydrogen-bond donors (Lipinski definition) is 0. The van der Waals surface area contributed by atoms with Crippen LogP contribution in [0.1, 0.15) is 35.7 Å². The number of nitriles is 1. The molecule has 2 rings (SSSR count). The molecular formula is C21H20FNO3. The number of Topliss-reactive ketones (excluding diaryl/α,β-unsaturated/α-hetero) is 1. The molecule has 2 aromatic carbocycles. The molecule has 0 amide bonds. The Kier molecular flexibility index (Phi) is 6.92. The number of halogens is 1. The quantitative estimate of drug-likeness (QED) is 0.296. The van der Waals surface area contributed by atoms with E-state index < -0.39 is 11.6 Å². The standard InChI is InChI=1S/C21H20FNO3/c1-3-4-11-26-19-10-5-15(13-20(19)25-2)12-17(14-23)21(24)16-6-8-18(22)9-7-16/h5-10,12-13H,3-4,11H2,1-2H3/b17-12+. The zero-order valence-electron chi connectivity index (χ0n) is 14.8. The second kappa shape index (κ2) is 9.38. The fraction of sp³-hybridized carbons (Fsp3) is 0.238. The molecule has 0 spiro atoms. The van der Waals surface area contributed by atoms with Gasteiger partial charge in [-0.05, 0) is 54.5 Å². The van der Waals surface area contributed by atoms with E-state index in [1.807, 2.05) is 6.07 Å². The molecule has 134 valence electrons. The van der Waals surface area contributed by atoms with Crippen molar-refractivity contribution in [2.24, 2.45) is 0 Å². The highest BCUT2D eigenvalue weighted by Gasteiger charge is 2.13. The van der Waals surface area contributed by atoms with E-state index in [0.29, 0.717) is 23.7 Å². The first kappa shape index (κ1) is 19.2. The summed E-state index contributed by atoms with van der Waals surface area (Å²) in [4.78, 5) is 12.4. The maximum atomic E-state index is 13.0. The molecule has 0 N–H and O–H groups in total. The Morgan fingerprint density at radius 3 is 2.54 bits per heavy atom. The highest BCUT2D eigenvalue weighted by molar-refractivity contribution is 6.14. The molecule has 0 fully saturated rings. The third-order valence-electron chi connectivity index (χ3n) is 3.73. The molecule has 26 heavy (non-hydrogen) atoms. The summed E-state index contributed by atoms with van der Waals surface area (Å²) in [6, 6.07) is 12.2. The number of benzene rings is 2. The van der Waals surface area contributed by atoms with Crippen molar-refractivity contribution in [1.82, 2.24) is 0 Å². The van der Waals surface area contributed by atoms with Crippen molar-refractivity contribution in [2.75, 3.05) is 13.7 Å². The highest BCUT2D eigenvalue weighted by Crippen LogP contribution is 2.29. The molecule has 0 saturated heterocycles. The third-order valence-corrected chi connectivity index (χ3v) is 3.73. The van der Waals surface area contributed by atoms with Crippen molar-refractivity contribution < 1.29 is 18.7 Å². The van der Waals surface area contributed by atoms with E-state index in [-0.39, 0.29) is 11.1 Å². The van der Waals surface area contributed by atoms with Crippen LogP contribution in [0.25, 0.3) is 6.08 Å². The van der Waals surface area contributed by atoms with Crippen molar-refractivity contribution in [3.63, 3.8) is 0 Å². The van der Waals surface area contributed by atoms with Gasteiger partial charge in [0, 0.05) is 5.56 Å². The summed E-state index contributed by atoms with van der Waals surface area (Å²) in [6.45, 7) is 2.67. The van der Waals surface area contributed by atoms with E-state index >= 15 is 0 Å². The maximum Gasteiger partial charge on any atom is 0.203 e. The van der Waals surface area contributed by atoms with Crippen molar-refractivity contribution in [2.45, 2.75) is 19.8 Å². The van der Waals surface area contributed by atoms with E-state index in [1.54, 1.807) is 18.2 Å². The number of carbonyl (C=O) groups is 1. The van der Waals surface area contributed by atoms with Crippen LogP contribution in [0, 0.1) is 17.1 Å². The minimum absolute atomic E-state index is 0.0432. The van der Waals surface area contributed by atoms with Gasteiger partial charge in [-0.15, -0.1) is 0 Å². The van der Waals surface area contributed by atoms with Gasteiger partial charge < -0.3 is 9.47 Å². The van der Waals surface area contributed by atoms with E-state index in [4.69, 9.17) is 9.47 Å². The van der Waals surface area contributed by atoms with Crippen LogP contribution < -0.4 is 9.47 Å². The van der Waals surface area contributed by atoms with Crippen molar-refractivity contribution in [3.8, 4) is 17.6 Å². The second-order valence-electron chi connectivity index (χ2n) is 5.62. The van der Waals surface area contributed by atoms with E-state index in [0.717, 1.165) is 12.8 Å². The van der Waals surface area contributed by atoms with Gasteiger partial charge in [-0.3, -0.25) is 4.79 Å². The van der Waals surface area contributed by atoms with Gasteiger partial charge in [0.2, 0.25) is 5.78 Å². The zero-order chi connectivity index (χ0) is 18.9. The van der Waals surface area contributed by atoms with Gasteiger partial charge in [0.1, 0.15) is 17.5 Å². The first-order valence-corrected chi connectivity index (χ1v) is 8.32. The molecule has 0 bridgehead atoms. The second-order valence-corrected chi connectivity index (χ2v) is 5.62. The van der Waals surface area contributed by atoms with Crippen LogP contribution >= 0.6 is 0 Å². The number of ketones is 1. The number of methoxy groups -OCH3 is 1. The summed E-state index contributed by atoms with van der Waals surface area (Å²) in [6.07, 6.45) is 3.44. The van der Waals surface area contributed by atoms with Crippen molar-refractivity contribution >= 4 is 11.9 Å². The normalized spacial score (nSPS) is 10.9. The lowest BCUT2D eigenvalue weighted by atomic mass is 10.0. The van der Waals surface area contributed by atoms with Crippen LogP contribution in [0.15, 0.2) is 48.0 Å². The lowest BCUT2D eigenvalue weighted by Gasteiger charge is -2.11. The zero-order valence-corrected chi connectivity index (χ0v) is 14.8. The van der Waals surface area contributed by atoms with Gasteiger partial charge in [0.15, 0.2) is 11.5 Å². The van der Waals surface area contributed by atoms with Gasteiger partial charge in [-0.25, -0.2) is 4.39 Å². The first-order valence-electron chi connectivity index (χ1n) is 8.32. The number of nitrogens with zero attached hydrogens (tertiary/aromatic N) is 1. The minimum atomic E-state index is -0.463. The molecule has 0 aliphatic carbocycles. The lowest BCUT2D eigenvalue weighted by molar-refractivity contribution is 0.104. The summed E-state index contributed by atoms with van der Waals surface area (Å²) in [5, 5.41) is 9.33. The Hall–Kier alpha value is -3.13. The number of ether oxygens (including phenoxy) is 2. The van der Waals surface area contributed by atoms with Crippen molar-refractivity contribution in [1.29, 1.82) is 5.26 Å². The van der Waals surface area contributed by atoms with Crippen LogP contribution in [0.2, 0.25) is 0 Å². The average Bonchev–Trinajstić information content (AvgIpc) is 2.67. The number of carbonyl (C=O) groups excluding carboxylic acids is 1. The molecule has 5 heteroatoms. The molecular weight excluding hydrogens is 333 g/mol.